The number of aromatic nitrogens is 5. The van der Waals surface area contributed by atoms with Gasteiger partial charge in [0.1, 0.15) is 23.2 Å². The van der Waals surface area contributed by atoms with Crippen molar-refractivity contribution < 1.29 is 9.13 Å². The normalized spacial score (nSPS) is 11.3. The third-order valence-corrected chi connectivity index (χ3v) is 6.19. The van der Waals surface area contributed by atoms with E-state index in [9.17, 15) is 4.39 Å². The fourth-order valence-electron chi connectivity index (χ4n) is 3.64. The Hall–Kier alpha value is -4.17. The van der Waals surface area contributed by atoms with E-state index in [2.05, 4.69) is 16.3 Å². The number of halogens is 1. The van der Waals surface area contributed by atoms with Crippen molar-refractivity contribution in [3.8, 4) is 27.6 Å². The molecular formula is C25H16FN5OS. The third-order valence-electron chi connectivity index (χ3n) is 5.25. The van der Waals surface area contributed by atoms with Gasteiger partial charge in [0, 0.05) is 16.5 Å². The quantitative estimate of drug-likeness (QED) is 0.331. The largest absolute Gasteiger partial charge is 0.486 e. The molecule has 0 saturated carbocycles. The number of rotatable bonds is 5. The monoisotopic (exact) mass is 453 g/mol. The minimum atomic E-state index is -0.309. The maximum atomic E-state index is 13.1. The maximum Gasteiger partial charge on any atom is 0.235 e. The number of fused-ring (bicyclic) bond motifs is 2. The molecule has 6 rings (SSSR count). The summed E-state index contributed by atoms with van der Waals surface area (Å²) in [5.41, 5.74) is 3.82. The lowest BCUT2D eigenvalue weighted by Gasteiger charge is -2.08. The molecule has 0 spiro atoms. The first-order valence-electron chi connectivity index (χ1n) is 10.3. The molecule has 0 aliphatic carbocycles. The average Bonchev–Trinajstić information content (AvgIpc) is 3.45. The fraction of sp³-hybridized carbons (Fsp3) is 0.0400. The highest BCUT2D eigenvalue weighted by atomic mass is 32.1. The summed E-state index contributed by atoms with van der Waals surface area (Å²) < 4.78 is 20.6. The Morgan fingerprint density at radius 3 is 2.52 bits per heavy atom. The summed E-state index contributed by atoms with van der Waals surface area (Å²) in [6.07, 6.45) is 0. The molecule has 160 valence electrons. The van der Waals surface area contributed by atoms with Crippen LogP contribution in [0.15, 0.2) is 84.9 Å². The molecule has 0 saturated heterocycles. The predicted molar refractivity (Wildman–Crippen MR) is 126 cm³/mol. The van der Waals surface area contributed by atoms with Crippen molar-refractivity contribution in [2.75, 3.05) is 0 Å². The average molecular weight is 454 g/mol. The molecule has 0 amide bonds. The molecule has 3 heterocycles. The van der Waals surface area contributed by atoms with E-state index in [0.717, 1.165) is 32.7 Å². The minimum absolute atomic E-state index is 0.169. The van der Waals surface area contributed by atoms with E-state index in [1.807, 2.05) is 54.6 Å². The molecule has 6 nitrogen and oxygen atoms in total. The van der Waals surface area contributed by atoms with Crippen LogP contribution in [0.1, 0.15) is 5.82 Å². The van der Waals surface area contributed by atoms with Gasteiger partial charge in [-0.2, -0.15) is 9.61 Å². The van der Waals surface area contributed by atoms with Crippen molar-refractivity contribution in [1.29, 1.82) is 0 Å². The van der Waals surface area contributed by atoms with Gasteiger partial charge in [-0.25, -0.2) is 9.37 Å². The molecule has 0 aliphatic heterocycles. The standard InChI is InChI=1S/C25H16FN5OS/c26-17-10-12-18(13-11-17)32-15-23-28-29-25-31(23)30-24(33-25)20-14-22(16-6-2-1-3-7-16)27-21-9-5-4-8-19(20)21/h1-14H,15H2. The Balaban J connectivity index is 1.40. The van der Waals surface area contributed by atoms with Crippen LogP contribution in [0.25, 0.3) is 37.7 Å². The van der Waals surface area contributed by atoms with Crippen LogP contribution in [0.2, 0.25) is 0 Å². The zero-order chi connectivity index (χ0) is 22.2. The summed E-state index contributed by atoms with van der Waals surface area (Å²) >= 11 is 1.46. The van der Waals surface area contributed by atoms with Crippen LogP contribution >= 0.6 is 11.3 Å². The topological polar surface area (TPSA) is 65.2 Å². The van der Waals surface area contributed by atoms with E-state index < -0.39 is 0 Å². The van der Waals surface area contributed by atoms with Gasteiger partial charge in [-0.3, -0.25) is 0 Å². The lowest BCUT2D eigenvalue weighted by atomic mass is 10.0. The lowest BCUT2D eigenvalue weighted by Crippen LogP contribution is -2.02. The van der Waals surface area contributed by atoms with Gasteiger partial charge < -0.3 is 4.74 Å². The van der Waals surface area contributed by atoms with Crippen LogP contribution < -0.4 is 4.74 Å². The van der Waals surface area contributed by atoms with E-state index in [-0.39, 0.29) is 12.4 Å². The molecule has 8 heteroatoms. The van der Waals surface area contributed by atoms with Gasteiger partial charge in [-0.1, -0.05) is 59.9 Å². The highest BCUT2D eigenvalue weighted by Gasteiger charge is 2.17. The second-order valence-corrected chi connectivity index (χ2v) is 8.35. The number of benzene rings is 3. The third kappa shape index (κ3) is 3.70. The van der Waals surface area contributed by atoms with Crippen LogP contribution in [0.5, 0.6) is 5.75 Å². The summed E-state index contributed by atoms with van der Waals surface area (Å²) in [4.78, 5) is 5.53. The molecule has 0 aliphatic rings. The van der Waals surface area contributed by atoms with Gasteiger partial charge in [0.15, 0.2) is 5.82 Å². The van der Waals surface area contributed by atoms with Gasteiger partial charge in [0.25, 0.3) is 0 Å². The highest BCUT2D eigenvalue weighted by Crippen LogP contribution is 2.34. The molecule has 33 heavy (non-hydrogen) atoms. The highest BCUT2D eigenvalue weighted by molar-refractivity contribution is 7.19. The Kier molecular flexibility index (Phi) is 4.77. The molecule has 0 atom stereocenters. The smallest absolute Gasteiger partial charge is 0.235 e. The minimum Gasteiger partial charge on any atom is -0.486 e. The number of hydrogen-bond donors (Lipinski definition) is 0. The summed E-state index contributed by atoms with van der Waals surface area (Å²) in [6, 6.07) is 26.1. The summed E-state index contributed by atoms with van der Waals surface area (Å²) in [5, 5.41) is 15.1. The van der Waals surface area contributed by atoms with Crippen LogP contribution in [0.3, 0.4) is 0 Å². The fourth-order valence-corrected chi connectivity index (χ4v) is 4.53. The Morgan fingerprint density at radius 2 is 1.67 bits per heavy atom. The Bertz CT molecular complexity index is 1580. The summed E-state index contributed by atoms with van der Waals surface area (Å²) in [7, 11) is 0. The first-order chi connectivity index (χ1) is 16.2. The lowest BCUT2D eigenvalue weighted by molar-refractivity contribution is 0.292. The summed E-state index contributed by atoms with van der Waals surface area (Å²) in [5.74, 6) is 0.811. The molecule has 0 unspecified atom stereocenters. The molecule has 0 bridgehead atoms. The van der Waals surface area contributed by atoms with Crippen LogP contribution in [-0.4, -0.2) is 24.8 Å². The first kappa shape index (κ1) is 19.5. The molecule has 0 N–H and O–H groups in total. The Morgan fingerprint density at radius 1 is 0.879 bits per heavy atom. The molecular weight excluding hydrogens is 437 g/mol. The van der Waals surface area contributed by atoms with Crippen molar-refractivity contribution in [3.63, 3.8) is 0 Å². The molecule has 3 aromatic carbocycles. The number of nitrogens with zero attached hydrogens (tertiary/aromatic N) is 5. The molecule has 0 radical (unpaired) electrons. The molecule has 6 aromatic rings. The SMILES string of the molecule is Fc1ccc(OCc2nnc3sc(-c4cc(-c5ccccc5)nc5ccccc45)nn23)cc1. The van der Waals surface area contributed by atoms with E-state index in [0.29, 0.717) is 16.5 Å². The van der Waals surface area contributed by atoms with Crippen LogP contribution in [-0.2, 0) is 6.61 Å². The van der Waals surface area contributed by atoms with Gasteiger partial charge in [-0.05, 0) is 36.4 Å². The van der Waals surface area contributed by atoms with Crippen LogP contribution in [0.4, 0.5) is 4.39 Å². The maximum absolute atomic E-state index is 13.1. The van der Waals surface area contributed by atoms with Crippen LogP contribution in [0, 0.1) is 5.82 Å². The first-order valence-corrected chi connectivity index (χ1v) is 11.1. The van der Waals surface area contributed by atoms with Crippen molar-refractivity contribution in [3.05, 3.63) is 96.6 Å². The van der Waals surface area contributed by atoms with E-state index in [1.54, 1.807) is 16.6 Å². The van der Waals surface area contributed by atoms with Crippen molar-refractivity contribution in [2.24, 2.45) is 0 Å². The Labute approximate surface area is 192 Å². The van der Waals surface area contributed by atoms with Gasteiger partial charge >= 0.3 is 0 Å². The number of para-hydroxylation sites is 1. The zero-order valence-electron chi connectivity index (χ0n) is 17.2. The second-order valence-electron chi connectivity index (χ2n) is 7.40. The van der Waals surface area contributed by atoms with E-state index >= 15 is 0 Å². The van der Waals surface area contributed by atoms with Crippen molar-refractivity contribution >= 4 is 27.2 Å². The van der Waals surface area contributed by atoms with Gasteiger partial charge in [0.05, 0.1) is 11.2 Å². The number of pyridine rings is 1. The number of hydrogen-bond acceptors (Lipinski definition) is 6. The molecule has 3 aromatic heterocycles. The van der Waals surface area contributed by atoms with Gasteiger partial charge in [0.2, 0.25) is 4.96 Å². The predicted octanol–water partition coefficient (Wildman–Crippen LogP) is 5.79. The van der Waals surface area contributed by atoms with Crippen molar-refractivity contribution in [1.82, 2.24) is 24.8 Å². The van der Waals surface area contributed by atoms with E-state index in [4.69, 9.17) is 14.8 Å². The summed E-state index contributed by atoms with van der Waals surface area (Å²) in [6.45, 7) is 0.169. The van der Waals surface area contributed by atoms with E-state index in [1.165, 1.54) is 23.5 Å². The number of ether oxygens (including phenoxy) is 1. The second kappa shape index (κ2) is 8.07. The molecule has 0 fully saturated rings. The van der Waals surface area contributed by atoms with Crippen molar-refractivity contribution in [2.45, 2.75) is 6.61 Å². The zero-order valence-corrected chi connectivity index (χ0v) is 18.0. The van der Waals surface area contributed by atoms with Gasteiger partial charge in [-0.15, -0.1) is 10.2 Å².